The van der Waals surface area contributed by atoms with Gasteiger partial charge in [0.05, 0.1) is 0 Å². The lowest BCUT2D eigenvalue weighted by Gasteiger charge is -2.10. The molecular weight excluding hydrogens is 160 g/mol. The summed E-state index contributed by atoms with van der Waals surface area (Å²) in [7, 11) is 0. The molecule has 0 amide bonds. The van der Waals surface area contributed by atoms with Gasteiger partial charge in [0.2, 0.25) is 0 Å². The monoisotopic (exact) mass is 178 g/mol. The summed E-state index contributed by atoms with van der Waals surface area (Å²) in [6.45, 7) is 7.53. The number of aryl methyl sites for hydroxylation is 1. The van der Waals surface area contributed by atoms with Crippen molar-refractivity contribution in [3.05, 3.63) is 23.9 Å². The third-order valence-electron chi connectivity index (χ3n) is 1.95. The predicted octanol–water partition coefficient (Wildman–Crippen LogP) is 2.71. The molecule has 13 heavy (non-hydrogen) atoms. The molecular formula is C11H18N2. The van der Waals surface area contributed by atoms with Gasteiger partial charge in [0.15, 0.2) is 0 Å². The summed E-state index contributed by atoms with van der Waals surface area (Å²) in [5, 5.41) is 3.35. The van der Waals surface area contributed by atoms with Crippen LogP contribution in [0.25, 0.3) is 0 Å². The zero-order chi connectivity index (χ0) is 9.68. The van der Waals surface area contributed by atoms with Crippen LogP contribution < -0.4 is 5.32 Å². The van der Waals surface area contributed by atoms with Crippen molar-refractivity contribution in [1.29, 1.82) is 0 Å². The Hall–Kier alpha value is -1.05. The maximum atomic E-state index is 4.31. The summed E-state index contributed by atoms with van der Waals surface area (Å²) in [6.07, 6.45) is 2.87. The van der Waals surface area contributed by atoms with Crippen LogP contribution in [0.5, 0.6) is 0 Å². The molecule has 1 heterocycles. The Kier molecular flexibility index (Phi) is 3.74. The van der Waals surface area contributed by atoms with Crippen LogP contribution in [-0.4, -0.2) is 11.5 Å². The second kappa shape index (κ2) is 4.85. The zero-order valence-electron chi connectivity index (χ0n) is 8.67. The second-order valence-corrected chi connectivity index (χ2v) is 3.64. The first-order chi connectivity index (χ1) is 6.24. The molecule has 0 unspecified atom stereocenters. The smallest absolute Gasteiger partial charge is 0.129 e. The fourth-order valence-corrected chi connectivity index (χ4v) is 1.18. The van der Waals surface area contributed by atoms with Crippen LogP contribution in [-0.2, 0) is 6.42 Å². The van der Waals surface area contributed by atoms with E-state index in [0.717, 1.165) is 18.8 Å². The molecule has 0 spiro atoms. The Morgan fingerprint density at radius 3 is 2.85 bits per heavy atom. The van der Waals surface area contributed by atoms with Crippen LogP contribution in [0.3, 0.4) is 0 Å². The number of hydrogen-bond acceptors (Lipinski definition) is 2. The molecule has 0 aliphatic carbocycles. The molecule has 72 valence electrons. The molecule has 0 saturated carbocycles. The number of aromatic nitrogens is 1. The van der Waals surface area contributed by atoms with Gasteiger partial charge < -0.3 is 5.32 Å². The second-order valence-electron chi connectivity index (χ2n) is 3.64. The molecule has 2 nitrogen and oxygen atoms in total. The van der Waals surface area contributed by atoms with Gasteiger partial charge in [-0.05, 0) is 24.0 Å². The molecule has 0 fully saturated rings. The highest BCUT2D eigenvalue weighted by atomic mass is 15.0. The van der Waals surface area contributed by atoms with E-state index in [4.69, 9.17) is 0 Å². The standard InChI is InChI=1S/C11H18N2/c1-4-10-6-5-7-12-11(10)13-8-9(2)3/h5-7,9H,4,8H2,1-3H3,(H,12,13). The van der Waals surface area contributed by atoms with E-state index in [2.05, 4.69) is 37.1 Å². The maximum absolute atomic E-state index is 4.31. The molecule has 1 aromatic rings. The van der Waals surface area contributed by atoms with Crippen molar-refractivity contribution < 1.29 is 0 Å². The van der Waals surface area contributed by atoms with Gasteiger partial charge in [0.25, 0.3) is 0 Å². The van der Waals surface area contributed by atoms with Crippen LogP contribution in [0.15, 0.2) is 18.3 Å². The average molecular weight is 178 g/mol. The first-order valence-corrected chi connectivity index (χ1v) is 4.91. The molecule has 0 atom stereocenters. The molecule has 0 aliphatic rings. The quantitative estimate of drug-likeness (QED) is 0.766. The summed E-state index contributed by atoms with van der Waals surface area (Å²) < 4.78 is 0. The van der Waals surface area contributed by atoms with Gasteiger partial charge in [0.1, 0.15) is 5.82 Å². The summed E-state index contributed by atoms with van der Waals surface area (Å²) >= 11 is 0. The SMILES string of the molecule is CCc1cccnc1NCC(C)C. The number of nitrogens with one attached hydrogen (secondary N) is 1. The van der Waals surface area contributed by atoms with Gasteiger partial charge in [-0.3, -0.25) is 0 Å². The average Bonchev–Trinajstić information content (AvgIpc) is 2.15. The highest BCUT2D eigenvalue weighted by Crippen LogP contribution is 2.11. The molecule has 1 aromatic heterocycles. The molecule has 1 rings (SSSR count). The molecule has 2 heteroatoms. The fourth-order valence-electron chi connectivity index (χ4n) is 1.18. The summed E-state index contributed by atoms with van der Waals surface area (Å²) in [4.78, 5) is 4.31. The first-order valence-electron chi connectivity index (χ1n) is 4.91. The largest absolute Gasteiger partial charge is 0.370 e. The zero-order valence-corrected chi connectivity index (χ0v) is 8.67. The molecule has 1 N–H and O–H groups in total. The lowest BCUT2D eigenvalue weighted by atomic mass is 10.2. The third kappa shape index (κ3) is 3.05. The van der Waals surface area contributed by atoms with E-state index in [0.29, 0.717) is 5.92 Å². The lowest BCUT2D eigenvalue weighted by molar-refractivity contribution is 0.686. The van der Waals surface area contributed by atoms with E-state index in [1.54, 1.807) is 0 Å². The van der Waals surface area contributed by atoms with Crippen molar-refractivity contribution in [3.8, 4) is 0 Å². The van der Waals surface area contributed by atoms with Gasteiger partial charge in [-0.1, -0.05) is 26.8 Å². The minimum absolute atomic E-state index is 0.659. The van der Waals surface area contributed by atoms with E-state index >= 15 is 0 Å². The molecule has 0 bridgehead atoms. The van der Waals surface area contributed by atoms with E-state index in [-0.39, 0.29) is 0 Å². The van der Waals surface area contributed by atoms with Gasteiger partial charge in [0, 0.05) is 12.7 Å². The molecule has 0 radical (unpaired) electrons. The Morgan fingerprint density at radius 1 is 1.46 bits per heavy atom. The fraction of sp³-hybridized carbons (Fsp3) is 0.545. The number of rotatable bonds is 4. The van der Waals surface area contributed by atoms with Crippen LogP contribution in [0.2, 0.25) is 0 Å². The lowest BCUT2D eigenvalue weighted by Crippen LogP contribution is -2.10. The maximum Gasteiger partial charge on any atom is 0.129 e. The van der Waals surface area contributed by atoms with E-state index in [9.17, 15) is 0 Å². The number of pyridine rings is 1. The number of nitrogens with zero attached hydrogens (tertiary/aromatic N) is 1. The minimum atomic E-state index is 0.659. The van der Waals surface area contributed by atoms with Crippen LogP contribution in [0.4, 0.5) is 5.82 Å². The van der Waals surface area contributed by atoms with Crippen molar-refractivity contribution in [2.24, 2.45) is 5.92 Å². The van der Waals surface area contributed by atoms with Crippen molar-refractivity contribution >= 4 is 5.82 Å². The molecule has 0 aliphatic heterocycles. The topological polar surface area (TPSA) is 24.9 Å². The van der Waals surface area contributed by atoms with Crippen LogP contribution in [0, 0.1) is 5.92 Å². The van der Waals surface area contributed by atoms with Crippen molar-refractivity contribution in [1.82, 2.24) is 4.98 Å². The van der Waals surface area contributed by atoms with Crippen LogP contribution >= 0.6 is 0 Å². The van der Waals surface area contributed by atoms with Gasteiger partial charge >= 0.3 is 0 Å². The van der Waals surface area contributed by atoms with Crippen molar-refractivity contribution in [2.45, 2.75) is 27.2 Å². The highest BCUT2D eigenvalue weighted by molar-refractivity contribution is 5.43. The predicted molar refractivity (Wildman–Crippen MR) is 56.9 cm³/mol. The Labute approximate surface area is 80.4 Å². The van der Waals surface area contributed by atoms with Crippen LogP contribution in [0.1, 0.15) is 26.3 Å². The Balaban J connectivity index is 2.64. The minimum Gasteiger partial charge on any atom is -0.370 e. The molecule has 0 saturated heterocycles. The van der Waals surface area contributed by atoms with Gasteiger partial charge in [-0.15, -0.1) is 0 Å². The number of anilines is 1. The summed E-state index contributed by atoms with van der Waals surface area (Å²) in [5.74, 6) is 1.70. The Bertz CT molecular complexity index is 256. The van der Waals surface area contributed by atoms with Gasteiger partial charge in [-0.25, -0.2) is 4.98 Å². The molecule has 0 aromatic carbocycles. The van der Waals surface area contributed by atoms with E-state index < -0.39 is 0 Å². The summed E-state index contributed by atoms with van der Waals surface area (Å²) in [5.41, 5.74) is 1.29. The van der Waals surface area contributed by atoms with Gasteiger partial charge in [-0.2, -0.15) is 0 Å². The number of hydrogen-bond donors (Lipinski definition) is 1. The normalized spacial score (nSPS) is 10.5. The van der Waals surface area contributed by atoms with Crippen molar-refractivity contribution in [2.75, 3.05) is 11.9 Å². The Morgan fingerprint density at radius 2 is 2.23 bits per heavy atom. The third-order valence-corrected chi connectivity index (χ3v) is 1.95. The first kappa shape index (κ1) is 10.0. The highest BCUT2D eigenvalue weighted by Gasteiger charge is 2.00. The summed E-state index contributed by atoms with van der Waals surface area (Å²) in [6, 6.07) is 4.11. The van der Waals surface area contributed by atoms with E-state index in [1.807, 2.05) is 12.3 Å². The van der Waals surface area contributed by atoms with E-state index in [1.165, 1.54) is 5.56 Å². The van der Waals surface area contributed by atoms with Crippen molar-refractivity contribution in [3.63, 3.8) is 0 Å².